The minimum atomic E-state index is -0.132. The Morgan fingerprint density at radius 1 is 1.47 bits per heavy atom. The van der Waals surface area contributed by atoms with Gasteiger partial charge in [0, 0.05) is 11.6 Å². The van der Waals surface area contributed by atoms with E-state index in [1.807, 2.05) is 6.07 Å². The van der Waals surface area contributed by atoms with Gasteiger partial charge in [-0.1, -0.05) is 18.6 Å². The van der Waals surface area contributed by atoms with Gasteiger partial charge in [-0.2, -0.15) is 5.26 Å². The third-order valence-electron chi connectivity index (χ3n) is 3.20. The first-order chi connectivity index (χ1) is 7.24. The molecule has 3 nitrogen and oxygen atoms in total. The Labute approximate surface area is 89.1 Å². The molecule has 1 aromatic carbocycles. The van der Waals surface area contributed by atoms with Gasteiger partial charge < -0.3 is 10.8 Å². The second-order valence-corrected chi connectivity index (χ2v) is 4.07. The number of nitriles is 1. The third-order valence-corrected chi connectivity index (χ3v) is 3.20. The van der Waals surface area contributed by atoms with Crippen LogP contribution in [-0.2, 0) is 0 Å². The number of benzene rings is 1. The molecule has 2 rings (SSSR count). The lowest BCUT2D eigenvalue weighted by Gasteiger charge is -2.31. The van der Waals surface area contributed by atoms with Crippen LogP contribution in [0.5, 0.6) is 5.75 Å². The van der Waals surface area contributed by atoms with Crippen molar-refractivity contribution in [1.82, 2.24) is 0 Å². The van der Waals surface area contributed by atoms with E-state index in [9.17, 15) is 5.11 Å². The van der Waals surface area contributed by atoms with Gasteiger partial charge in [-0.15, -0.1) is 0 Å². The maximum absolute atomic E-state index is 9.83. The molecular formula is C12H14N2O. The molecule has 0 heterocycles. The Bertz CT molecular complexity index is 405. The quantitative estimate of drug-likeness (QED) is 0.771. The van der Waals surface area contributed by atoms with Crippen LogP contribution in [0.2, 0.25) is 0 Å². The molecule has 0 amide bonds. The molecule has 0 unspecified atom stereocenters. The zero-order chi connectivity index (χ0) is 10.8. The zero-order valence-corrected chi connectivity index (χ0v) is 8.48. The molecule has 3 N–H and O–H groups in total. The Kier molecular flexibility index (Phi) is 2.61. The van der Waals surface area contributed by atoms with E-state index in [-0.39, 0.29) is 11.8 Å². The summed E-state index contributed by atoms with van der Waals surface area (Å²) in [4.78, 5) is 0. The SMILES string of the molecule is N#Cc1cccc([C@H](N)C2CCC2)c1O. The van der Waals surface area contributed by atoms with E-state index < -0.39 is 0 Å². The van der Waals surface area contributed by atoms with Crippen LogP contribution in [-0.4, -0.2) is 5.11 Å². The molecule has 0 saturated heterocycles. The minimum absolute atomic E-state index is 0.0550. The predicted molar refractivity (Wildman–Crippen MR) is 57.1 cm³/mol. The van der Waals surface area contributed by atoms with Crippen LogP contribution in [0.3, 0.4) is 0 Å². The fraction of sp³-hybridized carbons (Fsp3) is 0.417. The van der Waals surface area contributed by atoms with E-state index in [0.29, 0.717) is 17.0 Å². The Morgan fingerprint density at radius 3 is 2.73 bits per heavy atom. The summed E-state index contributed by atoms with van der Waals surface area (Å²) in [5, 5.41) is 18.6. The number of aromatic hydroxyl groups is 1. The van der Waals surface area contributed by atoms with Gasteiger partial charge in [-0.25, -0.2) is 0 Å². The van der Waals surface area contributed by atoms with E-state index >= 15 is 0 Å². The molecule has 0 spiro atoms. The van der Waals surface area contributed by atoms with Crippen LogP contribution >= 0.6 is 0 Å². The lowest BCUT2D eigenvalue weighted by Crippen LogP contribution is -2.26. The summed E-state index contributed by atoms with van der Waals surface area (Å²) in [7, 11) is 0. The summed E-state index contributed by atoms with van der Waals surface area (Å²) >= 11 is 0. The molecule has 0 bridgehead atoms. The second-order valence-electron chi connectivity index (χ2n) is 4.07. The summed E-state index contributed by atoms with van der Waals surface area (Å²) in [6, 6.07) is 7.01. The molecule has 1 atom stereocenters. The molecule has 1 saturated carbocycles. The molecule has 0 radical (unpaired) electrons. The summed E-state index contributed by atoms with van der Waals surface area (Å²) in [5.41, 5.74) is 7.07. The lowest BCUT2D eigenvalue weighted by molar-refractivity contribution is 0.260. The van der Waals surface area contributed by atoms with Crippen LogP contribution in [0.15, 0.2) is 18.2 Å². The molecule has 0 aromatic heterocycles. The molecule has 15 heavy (non-hydrogen) atoms. The number of para-hydroxylation sites is 1. The smallest absolute Gasteiger partial charge is 0.138 e. The van der Waals surface area contributed by atoms with Crippen LogP contribution in [0.4, 0.5) is 0 Å². The van der Waals surface area contributed by atoms with Crippen LogP contribution in [0, 0.1) is 17.2 Å². The van der Waals surface area contributed by atoms with E-state index in [2.05, 4.69) is 0 Å². The minimum Gasteiger partial charge on any atom is -0.506 e. The third kappa shape index (κ3) is 1.69. The molecular weight excluding hydrogens is 188 g/mol. The molecule has 1 aliphatic carbocycles. The van der Waals surface area contributed by atoms with Gasteiger partial charge in [0.15, 0.2) is 0 Å². The van der Waals surface area contributed by atoms with Crippen LogP contribution in [0.1, 0.15) is 36.4 Å². The average molecular weight is 202 g/mol. The largest absolute Gasteiger partial charge is 0.506 e. The van der Waals surface area contributed by atoms with Gasteiger partial charge in [-0.05, 0) is 24.8 Å². The normalized spacial score (nSPS) is 17.9. The lowest BCUT2D eigenvalue weighted by atomic mass is 9.77. The van der Waals surface area contributed by atoms with Gasteiger partial charge in [0.2, 0.25) is 0 Å². The van der Waals surface area contributed by atoms with E-state index in [1.165, 1.54) is 6.42 Å². The van der Waals surface area contributed by atoms with Crippen molar-refractivity contribution in [2.75, 3.05) is 0 Å². The van der Waals surface area contributed by atoms with Gasteiger partial charge in [-0.3, -0.25) is 0 Å². The summed E-state index contributed by atoms with van der Waals surface area (Å²) in [5.74, 6) is 0.518. The maximum Gasteiger partial charge on any atom is 0.138 e. The van der Waals surface area contributed by atoms with Gasteiger partial charge in [0.25, 0.3) is 0 Å². The highest BCUT2D eigenvalue weighted by molar-refractivity contribution is 5.48. The molecule has 0 aliphatic heterocycles. The van der Waals surface area contributed by atoms with Crippen molar-refractivity contribution in [2.24, 2.45) is 11.7 Å². The van der Waals surface area contributed by atoms with Crippen molar-refractivity contribution >= 4 is 0 Å². The van der Waals surface area contributed by atoms with Crippen molar-refractivity contribution in [3.8, 4) is 11.8 Å². The first-order valence-corrected chi connectivity index (χ1v) is 5.21. The van der Waals surface area contributed by atoms with Crippen molar-refractivity contribution in [2.45, 2.75) is 25.3 Å². The molecule has 1 aliphatic rings. The van der Waals surface area contributed by atoms with Crippen molar-refractivity contribution < 1.29 is 5.11 Å². The van der Waals surface area contributed by atoms with E-state index in [1.54, 1.807) is 18.2 Å². The van der Waals surface area contributed by atoms with Crippen LogP contribution < -0.4 is 5.73 Å². The second kappa shape index (κ2) is 3.92. The molecule has 3 heteroatoms. The molecule has 78 valence electrons. The van der Waals surface area contributed by atoms with Crippen molar-refractivity contribution in [3.63, 3.8) is 0 Å². The Balaban J connectivity index is 2.31. The first-order valence-electron chi connectivity index (χ1n) is 5.21. The van der Waals surface area contributed by atoms with Crippen molar-refractivity contribution in [1.29, 1.82) is 5.26 Å². The highest BCUT2D eigenvalue weighted by atomic mass is 16.3. The van der Waals surface area contributed by atoms with E-state index in [4.69, 9.17) is 11.0 Å². The summed E-state index contributed by atoms with van der Waals surface area (Å²) < 4.78 is 0. The monoisotopic (exact) mass is 202 g/mol. The predicted octanol–water partition coefficient (Wildman–Crippen LogP) is 2.06. The molecule has 1 fully saturated rings. The number of rotatable bonds is 2. The van der Waals surface area contributed by atoms with Crippen molar-refractivity contribution in [3.05, 3.63) is 29.3 Å². The maximum atomic E-state index is 9.83. The standard InChI is InChI=1S/C12H14N2O/c13-7-9-5-2-6-10(12(9)15)11(14)8-3-1-4-8/h2,5-6,8,11,15H,1,3-4,14H2/t11-/m1/s1. The fourth-order valence-electron chi connectivity index (χ4n) is 1.97. The number of phenols is 1. The molecule has 1 aromatic rings. The number of phenolic OH excluding ortho intramolecular Hbond substituents is 1. The Morgan fingerprint density at radius 2 is 2.20 bits per heavy atom. The fourth-order valence-corrected chi connectivity index (χ4v) is 1.97. The highest BCUT2D eigenvalue weighted by Crippen LogP contribution is 2.39. The van der Waals surface area contributed by atoms with Gasteiger partial charge >= 0.3 is 0 Å². The summed E-state index contributed by atoms with van der Waals surface area (Å²) in [6.45, 7) is 0. The summed E-state index contributed by atoms with van der Waals surface area (Å²) in [6.07, 6.45) is 3.46. The highest BCUT2D eigenvalue weighted by Gasteiger charge is 2.27. The number of hydrogen-bond donors (Lipinski definition) is 2. The van der Waals surface area contributed by atoms with Gasteiger partial charge in [0.1, 0.15) is 11.8 Å². The number of nitrogens with zero attached hydrogens (tertiary/aromatic N) is 1. The zero-order valence-electron chi connectivity index (χ0n) is 8.48. The van der Waals surface area contributed by atoms with Gasteiger partial charge in [0.05, 0.1) is 5.56 Å². The number of hydrogen-bond acceptors (Lipinski definition) is 3. The average Bonchev–Trinajstić information content (AvgIpc) is 2.15. The van der Waals surface area contributed by atoms with E-state index in [0.717, 1.165) is 12.8 Å². The number of nitrogens with two attached hydrogens (primary N) is 1. The first kappa shape index (κ1) is 10.0. The van der Waals surface area contributed by atoms with Crippen LogP contribution in [0.25, 0.3) is 0 Å². The topological polar surface area (TPSA) is 70.0 Å². The Hall–Kier alpha value is -1.53.